The molecule has 0 bridgehead atoms. The number of fused-ring (bicyclic) bond motifs is 1. The molecule has 144 valence electrons. The van der Waals surface area contributed by atoms with Crippen molar-refractivity contribution in [2.45, 2.75) is 13.0 Å². The third-order valence-electron chi connectivity index (χ3n) is 4.49. The van der Waals surface area contributed by atoms with E-state index in [4.69, 9.17) is 14.2 Å². The molecule has 0 unspecified atom stereocenters. The average molecular weight is 366 g/mol. The molecule has 0 aromatic heterocycles. The maximum absolute atomic E-state index is 13.8. The minimum atomic E-state index is -0.263. The van der Waals surface area contributed by atoms with E-state index in [1.807, 2.05) is 0 Å². The average Bonchev–Trinajstić information content (AvgIpc) is 2.67. The highest BCUT2D eigenvalue weighted by Gasteiger charge is 2.17. The molecule has 2 heterocycles. The molecule has 1 aromatic carbocycles. The Labute approximate surface area is 153 Å². The Balaban J connectivity index is 1.43. The van der Waals surface area contributed by atoms with E-state index in [-0.39, 0.29) is 12.6 Å². The molecular formula is C18H27FN4O3. The number of hydrogen-bond acceptors (Lipinski definition) is 5. The second kappa shape index (κ2) is 9.70. The molecule has 2 aliphatic rings. The molecule has 1 fully saturated rings. The van der Waals surface area contributed by atoms with Crippen LogP contribution in [0.25, 0.3) is 0 Å². The number of halogens is 1. The molecule has 3 rings (SSSR count). The summed E-state index contributed by atoms with van der Waals surface area (Å²) in [5.74, 6) is 1.23. The zero-order chi connectivity index (χ0) is 18.2. The summed E-state index contributed by atoms with van der Waals surface area (Å²) in [6.45, 7) is 6.56. The number of nitrogens with zero attached hydrogens (tertiary/aromatic N) is 2. The van der Waals surface area contributed by atoms with Gasteiger partial charge in [-0.25, -0.2) is 4.39 Å². The molecule has 0 atom stereocenters. The topological polar surface area (TPSA) is 67.4 Å². The lowest BCUT2D eigenvalue weighted by atomic mass is 10.1. The summed E-state index contributed by atoms with van der Waals surface area (Å²) in [4.78, 5) is 6.60. The maximum atomic E-state index is 13.8. The molecule has 2 N–H and O–H groups in total. The van der Waals surface area contributed by atoms with E-state index in [9.17, 15) is 4.39 Å². The highest BCUT2D eigenvalue weighted by Crippen LogP contribution is 2.29. The Bertz CT molecular complexity index is 621. The highest BCUT2D eigenvalue weighted by atomic mass is 19.1. The first kappa shape index (κ1) is 18.9. The molecule has 8 heteroatoms. The van der Waals surface area contributed by atoms with Crippen LogP contribution in [0.5, 0.6) is 5.75 Å². The van der Waals surface area contributed by atoms with E-state index < -0.39 is 0 Å². The van der Waals surface area contributed by atoms with Crippen LogP contribution in [0, 0.1) is 5.82 Å². The fourth-order valence-electron chi connectivity index (χ4n) is 3.14. The van der Waals surface area contributed by atoms with Gasteiger partial charge in [-0.05, 0) is 24.1 Å². The van der Waals surface area contributed by atoms with Crippen LogP contribution < -0.4 is 15.4 Å². The first-order valence-corrected chi connectivity index (χ1v) is 9.02. The van der Waals surface area contributed by atoms with Crippen LogP contribution in [0.1, 0.15) is 11.1 Å². The summed E-state index contributed by atoms with van der Waals surface area (Å²) >= 11 is 0. The fourth-order valence-corrected chi connectivity index (χ4v) is 3.14. The van der Waals surface area contributed by atoms with Crippen LogP contribution in [-0.2, 0) is 22.5 Å². The second-order valence-electron chi connectivity index (χ2n) is 6.29. The Kier molecular flexibility index (Phi) is 7.04. The van der Waals surface area contributed by atoms with Crippen molar-refractivity contribution in [1.82, 2.24) is 15.5 Å². The number of rotatable bonds is 6. The second-order valence-corrected chi connectivity index (χ2v) is 6.29. The SMILES string of the molecule is CN=C(NCCc1cc(F)cc2c1OCOC2)NCCN1CCOCC1. The lowest BCUT2D eigenvalue weighted by molar-refractivity contribution is -0.0172. The third kappa shape index (κ3) is 5.30. The molecule has 1 saturated heterocycles. The molecule has 0 saturated carbocycles. The number of benzene rings is 1. The summed E-state index contributed by atoms with van der Waals surface area (Å²) in [6.07, 6.45) is 0.643. The molecule has 1 aromatic rings. The van der Waals surface area contributed by atoms with Crippen molar-refractivity contribution < 1.29 is 18.6 Å². The van der Waals surface area contributed by atoms with Gasteiger partial charge in [-0.1, -0.05) is 0 Å². The summed E-state index contributed by atoms with van der Waals surface area (Å²) in [5, 5.41) is 6.58. The van der Waals surface area contributed by atoms with Crippen LogP contribution in [-0.4, -0.2) is 70.6 Å². The number of nitrogens with one attached hydrogen (secondary N) is 2. The van der Waals surface area contributed by atoms with Gasteiger partial charge in [0.05, 0.1) is 19.8 Å². The standard InChI is InChI=1S/C18H27FN4O3/c1-20-18(22-4-5-23-6-8-24-9-7-23)21-3-2-14-10-16(19)11-15-12-25-13-26-17(14)15/h10-11H,2-9,12-13H2,1H3,(H2,20,21,22). The van der Waals surface area contributed by atoms with E-state index >= 15 is 0 Å². The van der Waals surface area contributed by atoms with Crippen LogP contribution in [0.4, 0.5) is 4.39 Å². The van der Waals surface area contributed by atoms with E-state index in [0.29, 0.717) is 19.6 Å². The normalized spacial score (nSPS) is 18.2. The lowest BCUT2D eigenvalue weighted by Gasteiger charge is -2.26. The van der Waals surface area contributed by atoms with Gasteiger partial charge in [0, 0.05) is 45.3 Å². The maximum Gasteiger partial charge on any atom is 0.191 e. The van der Waals surface area contributed by atoms with Crippen molar-refractivity contribution in [3.63, 3.8) is 0 Å². The minimum Gasteiger partial charge on any atom is -0.467 e. The molecular weight excluding hydrogens is 339 g/mol. The first-order chi connectivity index (χ1) is 12.8. The predicted molar refractivity (Wildman–Crippen MR) is 97.0 cm³/mol. The zero-order valence-electron chi connectivity index (χ0n) is 15.2. The van der Waals surface area contributed by atoms with Gasteiger partial charge in [-0.3, -0.25) is 9.89 Å². The quantitative estimate of drug-likeness (QED) is 0.572. The summed E-state index contributed by atoms with van der Waals surface area (Å²) in [7, 11) is 1.74. The van der Waals surface area contributed by atoms with Crippen LogP contribution in [0.15, 0.2) is 17.1 Å². The number of ether oxygens (including phenoxy) is 3. The van der Waals surface area contributed by atoms with Crippen molar-refractivity contribution in [1.29, 1.82) is 0 Å². The Morgan fingerprint density at radius 1 is 1.19 bits per heavy atom. The first-order valence-electron chi connectivity index (χ1n) is 9.02. The third-order valence-corrected chi connectivity index (χ3v) is 4.49. The van der Waals surface area contributed by atoms with Crippen molar-refractivity contribution in [3.8, 4) is 5.75 Å². The van der Waals surface area contributed by atoms with Crippen LogP contribution in [0.3, 0.4) is 0 Å². The lowest BCUT2D eigenvalue weighted by Crippen LogP contribution is -2.44. The van der Waals surface area contributed by atoms with Gasteiger partial charge in [0.2, 0.25) is 0 Å². The Hall–Kier alpha value is -1.90. The fraction of sp³-hybridized carbons (Fsp3) is 0.611. The van der Waals surface area contributed by atoms with Gasteiger partial charge in [0.15, 0.2) is 12.8 Å². The summed E-state index contributed by atoms with van der Waals surface area (Å²) in [5.41, 5.74) is 1.61. The molecule has 2 aliphatic heterocycles. The van der Waals surface area contributed by atoms with Gasteiger partial charge in [0.25, 0.3) is 0 Å². The van der Waals surface area contributed by atoms with Crippen molar-refractivity contribution >= 4 is 5.96 Å². The van der Waals surface area contributed by atoms with Crippen LogP contribution in [0.2, 0.25) is 0 Å². The van der Waals surface area contributed by atoms with Crippen molar-refractivity contribution in [2.24, 2.45) is 4.99 Å². The van der Waals surface area contributed by atoms with Gasteiger partial charge >= 0.3 is 0 Å². The van der Waals surface area contributed by atoms with E-state index in [1.165, 1.54) is 12.1 Å². The molecule has 0 aliphatic carbocycles. The summed E-state index contributed by atoms with van der Waals surface area (Å²) in [6, 6.07) is 3.00. The monoisotopic (exact) mass is 366 g/mol. The van der Waals surface area contributed by atoms with E-state index in [0.717, 1.165) is 62.2 Å². The molecule has 26 heavy (non-hydrogen) atoms. The molecule has 0 radical (unpaired) electrons. The zero-order valence-corrected chi connectivity index (χ0v) is 15.2. The number of hydrogen-bond donors (Lipinski definition) is 2. The van der Waals surface area contributed by atoms with Crippen molar-refractivity contribution in [2.75, 3.05) is 59.8 Å². The van der Waals surface area contributed by atoms with Gasteiger partial charge in [-0.15, -0.1) is 0 Å². The Morgan fingerprint density at radius 2 is 2.00 bits per heavy atom. The van der Waals surface area contributed by atoms with Gasteiger partial charge in [0.1, 0.15) is 11.6 Å². The van der Waals surface area contributed by atoms with E-state index in [2.05, 4.69) is 20.5 Å². The molecule has 0 amide bonds. The number of aliphatic imine (C=N–C) groups is 1. The summed E-state index contributed by atoms with van der Waals surface area (Å²) < 4.78 is 29.9. The van der Waals surface area contributed by atoms with Gasteiger partial charge in [-0.2, -0.15) is 0 Å². The molecule has 0 spiro atoms. The smallest absolute Gasteiger partial charge is 0.191 e. The predicted octanol–water partition coefficient (Wildman–Crippen LogP) is 0.732. The van der Waals surface area contributed by atoms with Crippen LogP contribution >= 0.6 is 0 Å². The number of morpholine rings is 1. The molecule has 7 nitrogen and oxygen atoms in total. The number of guanidine groups is 1. The van der Waals surface area contributed by atoms with E-state index in [1.54, 1.807) is 7.05 Å². The minimum absolute atomic E-state index is 0.212. The highest BCUT2D eigenvalue weighted by molar-refractivity contribution is 5.79. The van der Waals surface area contributed by atoms with Crippen molar-refractivity contribution in [3.05, 3.63) is 29.1 Å². The Morgan fingerprint density at radius 3 is 2.81 bits per heavy atom. The largest absolute Gasteiger partial charge is 0.467 e. The van der Waals surface area contributed by atoms with Gasteiger partial charge < -0.3 is 24.8 Å².